The third-order valence-corrected chi connectivity index (χ3v) is 9.56. The summed E-state index contributed by atoms with van der Waals surface area (Å²) >= 11 is 0. The molecule has 228 valence electrons. The van der Waals surface area contributed by atoms with Crippen LogP contribution >= 0.6 is 0 Å². The zero-order chi connectivity index (χ0) is 32.3. The van der Waals surface area contributed by atoms with E-state index in [0.29, 0.717) is 0 Å². The van der Waals surface area contributed by atoms with Crippen LogP contribution in [0.3, 0.4) is 0 Å². The molecule has 4 nitrogen and oxygen atoms in total. The summed E-state index contributed by atoms with van der Waals surface area (Å²) in [5, 5.41) is 5.63. The number of nitrogens with zero attached hydrogens (tertiary/aromatic N) is 4. The number of benzene rings is 6. The van der Waals surface area contributed by atoms with E-state index in [4.69, 9.17) is 15.0 Å². The van der Waals surface area contributed by atoms with Crippen LogP contribution in [0, 0.1) is 0 Å². The van der Waals surface area contributed by atoms with Gasteiger partial charge in [0.05, 0.1) is 44.7 Å². The maximum Gasteiger partial charge on any atom is 0.0972 e. The minimum Gasteiger partial charge on any atom is -0.308 e. The van der Waals surface area contributed by atoms with Crippen LogP contribution in [0.15, 0.2) is 170 Å². The van der Waals surface area contributed by atoms with Crippen molar-refractivity contribution in [2.45, 2.75) is 0 Å². The van der Waals surface area contributed by atoms with Gasteiger partial charge in [0.25, 0.3) is 0 Å². The summed E-state index contributed by atoms with van der Waals surface area (Å²) in [5.74, 6) is 0. The van der Waals surface area contributed by atoms with Crippen LogP contribution in [0.5, 0.6) is 0 Å². The summed E-state index contributed by atoms with van der Waals surface area (Å²) in [4.78, 5) is 15.5. The minimum absolute atomic E-state index is 0.909. The molecule has 4 heterocycles. The summed E-state index contributed by atoms with van der Waals surface area (Å²) in [6.07, 6.45) is 0. The molecule has 6 aromatic carbocycles. The molecule has 0 atom stereocenters. The summed E-state index contributed by atoms with van der Waals surface area (Å²) in [5.41, 5.74) is 12.3. The first-order chi connectivity index (χ1) is 24.3. The first kappa shape index (κ1) is 27.5. The van der Waals surface area contributed by atoms with E-state index in [1.54, 1.807) is 0 Å². The molecule has 4 heteroatoms. The summed E-state index contributed by atoms with van der Waals surface area (Å²) in [7, 11) is 0. The predicted molar refractivity (Wildman–Crippen MR) is 203 cm³/mol. The largest absolute Gasteiger partial charge is 0.308 e. The molecule has 0 saturated carbocycles. The highest BCUT2D eigenvalue weighted by molar-refractivity contribution is 6.22. The molecule has 0 bridgehead atoms. The second kappa shape index (κ2) is 11.0. The smallest absolute Gasteiger partial charge is 0.0972 e. The minimum atomic E-state index is 0.909. The van der Waals surface area contributed by atoms with Crippen molar-refractivity contribution in [3.8, 4) is 39.5 Å². The zero-order valence-electron chi connectivity index (χ0n) is 26.5. The number of para-hydroxylation sites is 2. The standard InChI is InChI=1S/C45H28N4/c1-3-11-29(12-4-1)37-27-23-32-19-20-33-24-28-38(47-44(33)43(32)46-37)30-21-25-34(26-22-30)49-40-18-10-8-16-36(40)41-42(31-13-5-2-6-14-31)48-39-17-9-7-15-35(39)45(41)49/h1-28H. The van der Waals surface area contributed by atoms with E-state index in [1.807, 2.05) is 18.2 Å². The molecule has 0 aliphatic carbocycles. The second-order valence-corrected chi connectivity index (χ2v) is 12.4. The fourth-order valence-corrected chi connectivity index (χ4v) is 7.23. The van der Waals surface area contributed by atoms with Gasteiger partial charge >= 0.3 is 0 Å². The van der Waals surface area contributed by atoms with Gasteiger partial charge in [-0.05, 0) is 36.4 Å². The molecular weight excluding hydrogens is 597 g/mol. The number of pyridine rings is 3. The lowest BCUT2D eigenvalue weighted by Gasteiger charge is -2.12. The molecule has 0 aliphatic rings. The van der Waals surface area contributed by atoms with Gasteiger partial charge in [0.2, 0.25) is 0 Å². The summed E-state index contributed by atoms with van der Waals surface area (Å²) in [6, 6.07) is 59.5. The number of fused-ring (bicyclic) bond motifs is 8. The van der Waals surface area contributed by atoms with E-state index < -0.39 is 0 Å². The Morgan fingerprint density at radius 2 is 0.918 bits per heavy atom. The van der Waals surface area contributed by atoms with E-state index >= 15 is 0 Å². The number of aromatic nitrogens is 4. The summed E-state index contributed by atoms with van der Waals surface area (Å²) < 4.78 is 2.39. The van der Waals surface area contributed by atoms with E-state index in [2.05, 4.69) is 156 Å². The predicted octanol–water partition coefficient (Wildman–Crippen LogP) is 11.4. The normalized spacial score (nSPS) is 11.7. The van der Waals surface area contributed by atoms with Gasteiger partial charge in [0, 0.05) is 49.3 Å². The fraction of sp³-hybridized carbons (Fsp3) is 0. The topological polar surface area (TPSA) is 43.6 Å². The molecule has 0 radical (unpaired) electrons. The third-order valence-electron chi connectivity index (χ3n) is 9.56. The van der Waals surface area contributed by atoms with E-state index in [9.17, 15) is 0 Å². The highest BCUT2D eigenvalue weighted by atomic mass is 15.0. The van der Waals surface area contributed by atoms with Crippen LogP contribution in [-0.4, -0.2) is 19.5 Å². The van der Waals surface area contributed by atoms with Crippen LogP contribution in [-0.2, 0) is 0 Å². The van der Waals surface area contributed by atoms with Crippen molar-refractivity contribution in [3.05, 3.63) is 170 Å². The molecule has 0 spiro atoms. The van der Waals surface area contributed by atoms with E-state index in [0.717, 1.165) is 88.6 Å². The van der Waals surface area contributed by atoms with Gasteiger partial charge in [-0.25, -0.2) is 15.0 Å². The third kappa shape index (κ3) is 4.42. The highest BCUT2D eigenvalue weighted by Gasteiger charge is 2.20. The number of hydrogen-bond donors (Lipinski definition) is 0. The van der Waals surface area contributed by atoms with Gasteiger partial charge < -0.3 is 4.57 Å². The monoisotopic (exact) mass is 624 g/mol. The van der Waals surface area contributed by atoms with Crippen molar-refractivity contribution in [2.24, 2.45) is 0 Å². The SMILES string of the molecule is c1ccc(-c2ccc3ccc4ccc(-c5ccc(-n6c7ccccc7c7c(-c8ccccc8)nc8ccccc8c76)cc5)nc4c3n2)cc1. The lowest BCUT2D eigenvalue weighted by molar-refractivity contribution is 1.18. The van der Waals surface area contributed by atoms with Crippen LogP contribution in [0.4, 0.5) is 0 Å². The van der Waals surface area contributed by atoms with Crippen LogP contribution < -0.4 is 0 Å². The Hall–Kier alpha value is -6.65. The van der Waals surface area contributed by atoms with Crippen molar-refractivity contribution in [1.82, 2.24) is 19.5 Å². The Kier molecular flexibility index (Phi) is 6.15. The molecule has 49 heavy (non-hydrogen) atoms. The highest BCUT2D eigenvalue weighted by Crippen LogP contribution is 2.41. The number of rotatable bonds is 4. The molecule has 0 N–H and O–H groups in total. The van der Waals surface area contributed by atoms with Crippen molar-refractivity contribution >= 4 is 54.5 Å². The molecule has 0 saturated heterocycles. The summed E-state index contributed by atoms with van der Waals surface area (Å²) in [6.45, 7) is 0. The van der Waals surface area contributed by atoms with E-state index in [1.165, 1.54) is 5.39 Å². The van der Waals surface area contributed by atoms with Crippen LogP contribution in [0.1, 0.15) is 0 Å². The molecule has 4 aromatic heterocycles. The molecule has 10 rings (SSSR count). The average molecular weight is 625 g/mol. The quantitative estimate of drug-likeness (QED) is 0.183. The average Bonchev–Trinajstić information content (AvgIpc) is 3.53. The van der Waals surface area contributed by atoms with Gasteiger partial charge in [-0.15, -0.1) is 0 Å². The van der Waals surface area contributed by atoms with E-state index in [-0.39, 0.29) is 0 Å². The van der Waals surface area contributed by atoms with Gasteiger partial charge in [0.15, 0.2) is 0 Å². The molecule has 0 aliphatic heterocycles. The fourth-order valence-electron chi connectivity index (χ4n) is 7.23. The maximum atomic E-state index is 5.23. The Morgan fingerprint density at radius 1 is 0.388 bits per heavy atom. The Bertz CT molecular complexity index is 2860. The van der Waals surface area contributed by atoms with Gasteiger partial charge in [-0.3, -0.25) is 0 Å². The molecule has 10 aromatic rings. The Morgan fingerprint density at radius 3 is 1.59 bits per heavy atom. The van der Waals surface area contributed by atoms with Crippen molar-refractivity contribution in [3.63, 3.8) is 0 Å². The maximum absolute atomic E-state index is 5.23. The molecule has 0 amide bonds. The van der Waals surface area contributed by atoms with Gasteiger partial charge in [-0.2, -0.15) is 0 Å². The lowest BCUT2D eigenvalue weighted by atomic mass is 10.0. The van der Waals surface area contributed by atoms with Gasteiger partial charge in [0.1, 0.15) is 0 Å². The van der Waals surface area contributed by atoms with Crippen molar-refractivity contribution in [1.29, 1.82) is 0 Å². The molecule has 0 fully saturated rings. The van der Waals surface area contributed by atoms with Crippen molar-refractivity contribution < 1.29 is 0 Å². The van der Waals surface area contributed by atoms with Crippen LogP contribution in [0.25, 0.3) is 94.0 Å². The first-order valence-electron chi connectivity index (χ1n) is 16.5. The van der Waals surface area contributed by atoms with Crippen molar-refractivity contribution in [2.75, 3.05) is 0 Å². The number of hydrogen-bond acceptors (Lipinski definition) is 3. The Labute approximate surface area is 282 Å². The van der Waals surface area contributed by atoms with Crippen LogP contribution in [0.2, 0.25) is 0 Å². The lowest BCUT2D eigenvalue weighted by Crippen LogP contribution is -1.96. The second-order valence-electron chi connectivity index (χ2n) is 12.4. The Balaban J connectivity index is 1.15. The van der Waals surface area contributed by atoms with Gasteiger partial charge in [-0.1, -0.05) is 133 Å². The first-order valence-corrected chi connectivity index (χ1v) is 16.5. The molecule has 0 unspecified atom stereocenters. The molecular formula is C45H28N4. The zero-order valence-corrected chi connectivity index (χ0v) is 26.5.